The summed E-state index contributed by atoms with van der Waals surface area (Å²) >= 11 is 0. The third kappa shape index (κ3) is 7.83. The zero-order valence-corrected chi connectivity index (χ0v) is 22.3. The normalized spacial score (nSPS) is 16.6. The summed E-state index contributed by atoms with van der Waals surface area (Å²) in [5.74, 6) is 0.383. The standard InChI is InChI=1S/C30H33N3O4.ClH/c1-20-4-2-3-5-26(20)19-36-28(34)24-12-10-22(11-13-24)23-14-16-27(17-15-23)37-29(35)25-8-6-21(7-9-25)18-33-30(31)32;/h2-5,10-17,21,25H,6-9,18-19H2,1H3,(H4,31,32,33);1H. The first-order valence-electron chi connectivity index (χ1n) is 12.6. The van der Waals surface area contributed by atoms with E-state index in [4.69, 9.17) is 20.9 Å². The highest BCUT2D eigenvalue weighted by molar-refractivity contribution is 5.90. The molecule has 0 amide bonds. The minimum atomic E-state index is -0.359. The van der Waals surface area contributed by atoms with E-state index < -0.39 is 0 Å². The van der Waals surface area contributed by atoms with Crippen LogP contribution in [0.3, 0.4) is 0 Å². The molecule has 0 atom stereocenters. The molecule has 0 spiro atoms. The maximum atomic E-state index is 12.6. The Kier molecular flexibility index (Phi) is 10.3. The summed E-state index contributed by atoms with van der Waals surface area (Å²) in [7, 11) is 0. The van der Waals surface area contributed by atoms with Gasteiger partial charge in [0.15, 0.2) is 5.96 Å². The summed E-state index contributed by atoms with van der Waals surface area (Å²) in [5, 5.41) is 0. The van der Waals surface area contributed by atoms with E-state index in [9.17, 15) is 9.59 Å². The van der Waals surface area contributed by atoms with Crippen LogP contribution in [0.5, 0.6) is 5.75 Å². The van der Waals surface area contributed by atoms with E-state index in [0.717, 1.165) is 47.9 Å². The fourth-order valence-electron chi connectivity index (χ4n) is 4.53. The number of nitrogens with zero attached hydrogens (tertiary/aromatic N) is 1. The van der Waals surface area contributed by atoms with Crippen LogP contribution in [0.1, 0.15) is 47.2 Å². The molecule has 0 saturated heterocycles. The van der Waals surface area contributed by atoms with Crippen LogP contribution in [-0.4, -0.2) is 24.4 Å². The summed E-state index contributed by atoms with van der Waals surface area (Å²) in [6, 6.07) is 22.5. The van der Waals surface area contributed by atoms with Crippen LogP contribution in [0.15, 0.2) is 77.8 Å². The van der Waals surface area contributed by atoms with Gasteiger partial charge in [-0.05, 0) is 85.0 Å². The molecule has 1 aliphatic carbocycles. The molecule has 38 heavy (non-hydrogen) atoms. The lowest BCUT2D eigenvalue weighted by Gasteiger charge is -2.26. The van der Waals surface area contributed by atoms with Crippen molar-refractivity contribution in [2.24, 2.45) is 28.3 Å². The Bertz CT molecular complexity index is 1250. The fourth-order valence-corrected chi connectivity index (χ4v) is 4.53. The molecule has 1 aliphatic rings. The van der Waals surface area contributed by atoms with Gasteiger partial charge in [-0.2, -0.15) is 0 Å². The van der Waals surface area contributed by atoms with Crippen LogP contribution in [0.2, 0.25) is 0 Å². The maximum Gasteiger partial charge on any atom is 0.338 e. The molecule has 0 heterocycles. The van der Waals surface area contributed by atoms with Crippen LogP contribution in [0.4, 0.5) is 0 Å². The molecule has 0 aliphatic heterocycles. The van der Waals surface area contributed by atoms with Crippen molar-refractivity contribution in [3.63, 3.8) is 0 Å². The minimum Gasteiger partial charge on any atom is -0.457 e. The van der Waals surface area contributed by atoms with Gasteiger partial charge in [-0.15, -0.1) is 12.4 Å². The Hall–Kier alpha value is -3.84. The van der Waals surface area contributed by atoms with E-state index in [2.05, 4.69) is 4.99 Å². The topological polar surface area (TPSA) is 117 Å². The minimum absolute atomic E-state index is 0. The maximum absolute atomic E-state index is 12.6. The first kappa shape index (κ1) is 28.7. The van der Waals surface area contributed by atoms with E-state index in [1.807, 2.05) is 55.5 Å². The molecule has 0 bridgehead atoms. The molecule has 8 heteroatoms. The summed E-state index contributed by atoms with van der Waals surface area (Å²) in [6.07, 6.45) is 3.37. The lowest BCUT2D eigenvalue weighted by molar-refractivity contribution is -0.140. The number of halogens is 1. The Labute approximate surface area is 229 Å². The van der Waals surface area contributed by atoms with Crippen molar-refractivity contribution in [1.29, 1.82) is 0 Å². The molecule has 4 rings (SSSR count). The van der Waals surface area contributed by atoms with Gasteiger partial charge in [0, 0.05) is 6.54 Å². The van der Waals surface area contributed by atoms with Crippen LogP contribution in [0.25, 0.3) is 11.1 Å². The average molecular weight is 536 g/mol. The molecule has 1 saturated carbocycles. The van der Waals surface area contributed by atoms with Crippen molar-refractivity contribution in [1.82, 2.24) is 0 Å². The summed E-state index contributed by atoms with van der Waals surface area (Å²) < 4.78 is 11.1. The molecule has 3 aromatic rings. The predicted molar refractivity (Wildman–Crippen MR) is 151 cm³/mol. The number of benzene rings is 3. The van der Waals surface area contributed by atoms with E-state index >= 15 is 0 Å². The number of carbonyl (C=O) groups excluding carboxylic acids is 2. The highest BCUT2D eigenvalue weighted by atomic mass is 35.5. The number of aliphatic imine (C=N–C) groups is 1. The molecule has 0 radical (unpaired) electrons. The van der Waals surface area contributed by atoms with Crippen LogP contribution < -0.4 is 16.2 Å². The summed E-state index contributed by atoms with van der Waals surface area (Å²) in [5.41, 5.74) is 15.3. The first-order valence-corrected chi connectivity index (χ1v) is 12.6. The molecule has 7 nitrogen and oxygen atoms in total. The quantitative estimate of drug-likeness (QED) is 0.172. The third-order valence-electron chi connectivity index (χ3n) is 6.86. The number of esters is 2. The Morgan fingerprint density at radius 1 is 0.868 bits per heavy atom. The van der Waals surface area contributed by atoms with Crippen LogP contribution in [-0.2, 0) is 16.1 Å². The van der Waals surface area contributed by atoms with Crippen molar-refractivity contribution in [2.75, 3.05) is 6.54 Å². The van der Waals surface area contributed by atoms with Gasteiger partial charge in [0.05, 0.1) is 11.5 Å². The third-order valence-corrected chi connectivity index (χ3v) is 6.86. The zero-order valence-electron chi connectivity index (χ0n) is 21.5. The van der Waals surface area contributed by atoms with Crippen molar-refractivity contribution < 1.29 is 19.1 Å². The number of guanidine groups is 1. The lowest BCUT2D eigenvalue weighted by Crippen LogP contribution is -2.28. The molecule has 4 N–H and O–H groups in total. The Balaban J connectivity index is 0.00000400. The summed E-state index contributed by atoms with van der Waals surface area (Å²) in [4.78, 5) is 29.2. The highest BCUT2D eigenvalue weighted by Crippen LogP contribution is 2.31. The van der Waals surface area contributed by atoms with Gasteiger partial charge in [0.25, 0.3) is 0 Å². The van der Waals surface area contributed by atoms with Crippen molar-refractivity contribution in [3.8, 4) is 16.9 Å². The van der Waals surface area contributed by atoms with Crippen molar-refractivity contribution in [3.05, 3.63) is 89.5 Å². The second kappa shape index (κ2) is 13.6. The smallest absolute Gasteiger partial charge is 0.338 e. The van der Waals surface area contributed by atoms with Gasteiger partial charge in [-0.3, -0.25) is 9.79 Å². The number of hydrogen-bond donors (Lipinski definition) is 2. The number of ether oxygens (including phenoxy) is 2. The summed E-state index contributed by atoms with van der Waals surface area (Å²) in [6.45, 7) is 2.85. The highest BCUT2D eigenvalue weighted by Gasteiger charge is 2.27. The SMILES string of the molecule is Cc1ccccc1COC(=O)c1ccc(-c2ccc(OC(=O)C3CCC(CN=C(N)N)CC3)cc2)cc1.Cl. The van der Waals surface area contributed by atoms with Crippen molar-refractivity contribution >= 4 is 30.3 Å². The molecule has 3 aromatic carbocycles. The molecular formula is C30H34ClN3O4. The van der Waals surface area contributed by atoms with Gasteiger partial charge in [-0.25, -0.2) is 4.79 Å². The molecule has 1 fully saturated rings. The number of rotatable bonds is 8. The molecule has 0 unspecified atom stereocenters. The Morgan fingerprint density at radius 2 is 1.47 bits per heavy atom. The van der Waals surface area contributed by atoms with E-state index in [1.54, 1.807) is 24.3 Å². The largest absolute Gasteiger partial charge is 0.457 e. The number of nitrogens with two attached hydrogens (primary N) is 2. The second-order valence-electron chi connectivity index (χ2n) is 9.51. The second-order valence-corrected chi connectivity index (χ2v) is 9.51. The van der Waals surface area contributed by atoms with Crippen molar-refractivity contribution in [2.45, 2.75) is 39.2 Å². The number of aryl methyl sites for hydroxylation is 1. The van der Waals surface area contributed by atoms with Gasteiger partial charge in [0.2, 0.25) is 0 Å². The van der Waals surface area contributed by atoms with E-state index in [1.165, 1.54) is 0 Å². The first-order chi connectivity index (χ1) is 17.9. The van der Waals surface area contributed by atoms with Crippen LogP contribution in [0, 0.1) is 18.8 Å². The van der Waals surface area contributed by atoms with Gasteiger partial charge < -0.3 is 20.9 Å². The number of carbonyl (C=O) groups is 2. The Morgan fingerprint density at radius 3 is 2.08 bits per heavy atom. The van der Waals surface area contributed by atoms with Gasteiger partial charge in [0.1, 0.15) is 12.4 Å². The van der Waals surface area contributed by atoms with Gasteiger partial charge in [-0.1, -0.05) is 48.5 Å². The zero-order chi connectivity index (χ0) is 26.2. The molecule has 200 valence electrons. The van der Waals surface area contributed by atoms with Gasteiger partial charge >= 0.3 is 11.9 Å². The number of hydrogen-bond acceptors (Lipinski definition) is 5. The van der Waals surface area contributed by atoms with Crippen LogP contribution >= 0.6 is 12.4 Å². The molecular weight excluding hydrogens is 502 g/mol. The monoisotopic (exact) mass is 535 g/mol. The lowest BCUT2D eigenvalue weighted by atomic mass is 9.82. The fraction of sp³-hybridized carbons (Fsp3) is 0.300. The van der Waals surface area contributed by atoms with E-state index in [0.29, 0.717) is 23.8 Å². The predicted octanol–water partition coefficient (Wildman–Crippen LogP) is 5.43. The van der Waals surface area contributed by atoms with E-state index in [-0.39, 0.29) is 42.8 Å². The average Bonchev–Trinajstić information content (AvgIpc) is 2.92. The molecule has 0 aromatic heterocycles.